The third-order valence-electron chi connectivity index (χ3n) is 10.5. The third-order valence-corrected chi connectivity index (χ3v) is 10.5. The minimum Gasteiger partial charge on any atom is -0.461 e. The van der Waals surface area contributed by atoms with Crippen molar-refractivity contribution in [2.24, 2.45) is 11.8 Å². The maximum atomic E-state index is 16.9. The molecule has 2 aliphatic heterocycles. The quantitative estimate of drug-likeness (QED) is 0.131. The minimum atomic E-state index is -4.90. The predicted octanol–water partition coefficient (Wildman–Crippen LogP) is 6.33. The fourth-order valence-electron chi connectivity index (χ4n) is 8.24. The Labute approximate surface area is 282 Å². The molecule has 1 unspecified atom stereocenters. The van der Waals surface area contributed by atoms with E-state index in [1.165, 1.54) is 19.1 Å². The van der Waals surface area contributed by atoms with E-state index >= 15 is 4.39 Å². The van der Waals surface area contributed by atoms with Gasteiger partial charge in [-0.1, -0.05) is 0 Å². The first-order valence-electron chi connectivity index (χ1n) is 16.6. The summed E-state index contributed by atoms with van der Waals surface area (Å²) in [5, 5.41) is 12.3. The lowest BCUT2D eigenvalue weighted by Crippen LogP contribution is -2.47. The van der Waals surface area contributed by atoms with Gasteiger partial charge >= 0.3 is 12.2 Å². The molecule has 262 valence electrons. The van der Waals surface area contributed by atoms with Crippen molar-refractivity contribution >= 4 is 33.4 Å². The van der Waals surface area contributed by atoms with Gasteiger partial charge in [0.1, 0.15) is 35.0 Å². The van der Waals surface area contributed by atoms with Crippen LogP contribution in [0.2, 0.25) is 0 Å². The molecular weight excluding hydrogens is 661 g/mol. The second kappa shape index (κ2) is 11.6. The highest BCUT2D eigenvalue weighted by Crippen LogP contribution is 2.59. The maximum absolute atomic E-state index is 16.9. The number of nitrogens with zero attached hydrogens (tertiary/aromatic N) is 5. The number of halogens is 5. The summed E-state index contributed by atoms with van der Waals surface area (Å²) in [5.74, 6) is -0.476. The van der Waals surface area contributed by atoms with Crippen LogP contribution in [-0.2, 0) is 6.18 Å². The SMILES string of the molecule is CCNc1ncc(F)cc1[C@@H](C)Nc1nc(OCC23CCCN2C[C@@H]2C[C@@H]23)nc2c(F)c(-c3c(C(F)(F)F)c(C)cc4[nH]ncc34)[nH]c(=O)c12. The van der Waals surface area contributed by atoms with Crippen LogP contribution in [-0.4, -0.2) is 66.8 Å². The summed E-state index contributed by atoms with van der Waals surface area (Å²) in [4.78, 5) is 31.7. The Morgan fingerprint density at radius 1 is 1.18 bits per heavy atom. The molecule has 1 aliphatic carbocycles. The van der Waals surface area contributed by atoms with E-state index in [1.54, 1.807) is 6.92 Å². The summed E-state index contributed by atoms with van der Waals surface area (Å²) in [5.41, 5.74) is -3.63. The first-order valence-corrected chi connectivity index (χ1v) is 16.6. The van der Waals surface area contributed by atoms with Gasteiger partial charge in [-0.05, 0) is 76.1 Å². The van der Waals surface area contributed by atoms with Crippen molar-refractivity contribution in [1.29, 1.82) is 0 Å². The Balaban J connectivity index is 1.30. The number of piperidine rings is 1. The molecule has 8 rings (SSSR count). The van der Waals surface area contributed by atoms with Crippen LogP contribution < -0.4 is 20.9 Å². The number of alkyl halides is 3. The van der Waals surface area contributed by atoms with Crippen molar-refractivity contribution in [2.75, 3.05) is 36.9 Å². The van der Waals surface area contributed by atoms with Crippen LogP contribution in [0.1, 0.15) is 55.8 Å². The largest absolute Gasteiger partial charge is 0.461 e. The fraction of sp³-hybridized carbons (Fsp3) is 0.441. The van der Waals surface area contributed by atoms with E-state index in [0.717, 1.165) is 44.7 Å². The molecular formula is C34H34F5N9O2. The minimum absolute atomic E-state index is 0.0375. The van der Waals surface area contributed by atoms with Crippen molar-refractivity contribution in [2.45, 2.75) is 57.8 Å². The zero-order valence-electron chi connectivity index (χ0n) is 27.4. The van der Waals surface area contributed by atoms with Crippen molar-refractivity contribution < 1.29 is 26.7 Å². The Morgan fingerprint density at radius 2 is 2.00 bits per heavy atom. The highest BCUT2D eigenvalue weighted by atomic mass is 19.4. The number of fused-ring (bicyclic) bond motifs is 5. The molecule has 11 nitrogen and oxygen atoms in total. The van der Waals surface area contributed by atoms with Crippen LogP contribution in [0.3, 0.4) is 0 Å². The molecule has 4 N–H and O–H groups in total. The normalized spacial score (nSPS) is 22.2. The highest BCUT2D eigenvalue weighted by Gasteiger charge is 2.63. The Bertz CT molecular complexity index is 2220. The maximum Gasteiger partial charge on any atom is 0.417 e. The van der Waals surface area contributed by atoms with Gasteiger partial charge < -0.3 is 20.4 Å². The van der Waals surface area contributed by atoms with E-state index < -0.39 is 51.7 Å². The van der Waals surface area contributed by atoms with Gasteiger partial charge in [0.25, 0.3) is 5.56 Å². The van der Waals surface area contributed by atoms with Gasteiger partial charge in [-0.25, -0.2) is 13.8 Å². The molecule has 1 aromatic carbocycles. The summed E-state index contributed by atoms with van der Waals surface area (Å²) < 4.78 is 81.3. The highest BCUT2D eigenvalue weighted by molar-refractivity contribution is 5.99. The van der Waals surface area contributed by atoms with Gasteiger partial charge in [-0.15, -0.1) is 0 Å². The summed E-state index contributed by atoms with van der Waals surface area (Å²) in [6.07, 6.45) is 0.363. The van der Waals surface area contributed by atoms with E-state index in [0.29, 0.717) is 29.8 Å². The van der Waals surface area contributed by atoms with Crippen LogP contribution in [0.15, 0.2) is 29.3 Å². The fourth-order valence-corrected chi connectivity index (χ4v) is 8.24. The number of anilines is 2. The van der Waals surface area contributed by atoms with Crippen LogP contribution in [0.4, 0.5) is 33.6 Å². The summed E-state index contributed by atoms with van der Waals surface area (Å²) in [7, 11) is 0. The van der Waals surface area contributed by atoms with Crippen LogP contribution in [0.25, 0.3) is 33.1 Å². The number of pyridine rings is 2. The van der Waals surface area contributed by atoms with E-state index in [1.807, 2.05) is 6.92 Å². The second-order valence-electron chi connectivity index (χ2n) is 13.5. The number of aromatic amines is 2. The molecule has 3 aliphatic rings. The van der Waals surface area contributed by atoms with Gasteiger partial charge in [-0.2, -0.15) is 28.2 Å². The van der Waals surface area contributed by atoms with Gasteiger partial charge in [0.05, 0.1) is 40.7 Å². The van der Waals surface area contributed by atoms with Gasteiger partial charge in [0, 0.05) is 29.6 Å². The third kappa shape index (κ3) is 5.14. The smallest absolute Gasteiger partial charge is 0.417 e. The summed E-state index contributed by atoms with van der Waals surface area (Å²) in [6, 6.07) is 1.57. The molecule has 2 saturated heterocycles. The topological polar surface area (TPSA) is 137 Å². The van der Waals surface area contributed by atoms with Crippen LogP contribution >= 0.6 is 0 Å². The van der Waals surface area contributed by atoms with E-state index in [-0.39, 0.29) is 45.8 Å². The number of hydrogen-bond acceptors (Lipinski definition) is 9. The average molecular weight is 696 g/mol. The molecule has 5 aromatic rings. The number of hydrogen-bond donors (Lipinski definition) is 4. The summed E-state index contributed by atoms with van der Waals surface area (Å²) in [6.45, 7) is 7.44. The number of benzene rings is 1. The second-order valence-corrected chi connectivity index (χ2v) is 13.5. The van der Waals surface area contributed by atoms with Crippen molar-refractivity contribution in [3.05, 3.63) is 63.2 Å². The molecule has 4 atom stereocenters. The predicted molar refractivity (Wildman–Crippen MR) is 176 cm³/mol. The number of nitrogens with one attached hydrogen (secondary N) is 4. The first kappa shape index (κ1) is 32.4. The van der Waals surface area contributed by atoms with Crippen molar-refractivity contribution in [3.63, 3.8) is 0 Å². The Morgan fingerprint density at radius 3 is 2.78 bits per heavy atom. The van der Waals surface area contributed by atoms with Gasteiger partial charge in [-0.3, -0.25) is 14.8 Å². The Kier molecular flexibility index (Phi) is 7.51. The lowest BCUT2D eigenvalue weighted by molar-refractivity contribution is -0.137. The van der Waals surface area contributed by atoms with Gasteiger partial charge in [0.15, 0.2) is 5.82 Å². The molecule has 0 amide bonds. The zero-order chi connectivity index (χ0) is 35.1. The number of H-pyrrole nitrogens is 2. The van der Waals surface area contributed by atoms with Crippen molar-refractivity contribution in [3.8, 4) is 17.3 Å². The van der Waals surface area contributed by atoms with E-state index in [4.69, 9.17) is 4.74 Å². The van der Waals surface area contributed by atoms with Crippen molar-refractivity contribution in [1.82, 2.24) is 35.0 Å². The molecule has 0 radical (unpaired) electrons. The molecule has 4 aromatic heterocycles. The number of rotatable bonds is 9. The number of ether oxygens (including phenoxy) is 1. The lowest BCUT2D eigenvalue weighted by Gasteiger charge is -2.34. The first-order chi connectivity index (χ1) is 23.9. The number of aromatic nitrogens is 6. The molecule has 0 bridgehead atoms. The molecule has 50 heavy (non-hydrogen) atoms. The molecule has 0 spiro atoms. The summed E-state index contributed by atoms with van der Waals surface area (Å²) >= 11 is 0. The standard InChI is InChI=1S/C34H34F5N9O2/c1-4-40-29-19(10-18(35)11-41-29)16(3)43-30-24-28(45-32(46-30)50-14-33-6-5-7-48(33)13-17-9-21(17)33)26(36)27(44-31(24)49)23-20-12-42-47-22(20)8-15(2)25(23)34(37,38)39/h8,10-12,16-17,21H,4-7,9,13-14H2,1-3H3,(H,40,41)(H,42,47)(H,44,49)(H,43,45,46)/t16-,17+,21+,33?/m1/s1. The van der Waals surface area contributed by atoms with Gasteiger partial charge in [0.2, 0.25) is 0 Å². The van der Waals surface area contributed by atoms with E-state index in [2.05, 4.69) is 45.7 Å². The molecule has 3 fully saturated rings. The lowest BCUT2D eigenvalue weighted by atomic mass is 9.92. The molecule has 1 saturated carbocycles. The molecule has 6 heterocycles. The zero-order valence-corrected chi connectivity index (χ0v) is 27.4. The molecule has 16 heteroatoms. The van der Waals surface area contributed by atoms with E-state index in [9.17, 15) is 22.4 Å². The number of aryl methyl sites for hydroxylation is 1. The monoisotopic (exact) mass is 695 g/mol. The average Bonchev–Trinajstić information content (AvgIpc) is 3.35. The Hall–Kier alpha value is -4.86. The van der Waals surface area contributed by atoms with Crippen LogP contribution in [0, 0.1) is 30.4 Å². The van der Waals surface area contributed by atoms with Crippen LogP contribution in [0.5, 0.6) is 6.01 Å².